The molecular formula is C22H24N6O2. The number of hydrogen-bond donors (Lipinski definition) is 0. The zero-order valence-electron chi connectivity index (χ0n) is 16.9. The number of carbonyl (C=O) groups excluding carboxylic acids is 1. The average molecular weight is 404 g/mol. The van der Waals surface area contributed by atoms with Crippen LogP contribution >= 0.6 is 0 Å². The molecule has 2 aliphatic heterocycles. The summed E-state index contributed by atoms with van der Waals surface area (Å²) in [6.45, 7) is 2.41. The summed E-state index contributed by atoms with van der Waals surface area (Å²) in [7, 11) is 2.12. The normalized spacial score (nSPS) is 21.2. The molecule has 154 valence electrons. The molecule has 0 aliphatic carbocycles. The van der Waals surface area contributed by atoms with Crippen molar-refractivity contribution in [1.82, 2.24) is 29.9 Å². The third kappa shape index (κ3) is 3.47. The van der Waals surface area contributed by atoms with Crippen molar-refractivity contribution in [2.24, 2.45) is 5.41 Å². The van der Waals surface area contributed by atoms with Gasteiger partial charge in [-0.2, -0.15) is 4.98 Å². The Balaban J connectivity index is 1.26. The Morgan fingerprint density at radius 3 is 2.57 bits per heavy atom. The Labute approximate surface area is 174 Å². The number of hydrogen-bond acceptors (Lipinski definition) is 7. The second-order valence-corrected chi connectivity index (χ2v) is 8.32. The van der Waals surface area contributed by atoms with Crippen molar-refractivity contribution < 1.29 is 9.32 Å². The van der Waals surface area contributed by atoms with E-state index in [4.69, 9.17) is 4.52 Å². The van der Waals surface area contributed by atoms with Crippen LogP contribution < -0.4 is 0 Å². The van der Waals surface area contributed by atoms with Crippen molar-refractivity contribution in [2.75, 3.05) is 26.7 Å². The highest BCUT2D eigenvalue weighted by Crippen LogP contribution is 2.47. The van der Waals surface area contributed by atoms with E-state index in [1.54, 1.807) is 18.5 Å². The number of benzene rings is 1. The fraction of sp³-hybridized carbons (Fsp3) is 0.409. The van der Waals surface area contributed by atoms with Crippen LogP contribution in [-0.2, 0) is 0 Å². The summed E-state index contributed by atoms with van der Waals surface area (Å²) in [6, 6.07) is 11.7. The van der Waals surface area contributed by atoms with Gasteiger partial charge in [-0.1, -0.05) is 23.4 Å². The smallest absolute Gasteiger partial charge is 0.291 e. The Hall–Kier alpha value is -3.13. The van der Waals surface area contributed by atoms with E-state index in [9.17, 15) is 4.79 Å². The monoisotopic (exact) mass is 404 g/mol. The van der Waals surface area contributed by atoms with Gasteiger partial charge in [0, 0.05) is 37.6 Å². The van der Waals surface area contributed by atoms with E-state index >= 15 is 0 Å². The molecule has 4 heterocycles. The van der Waals surface area contributed by atoms with Gasteiger partial charge in [0.05, 0.1) is 6.04 Å². The Morgan fingerprint density at radius 1 is 1.10 bits per heavy atom. The molecule has 5 rings (SSSR count). The second-order valence-electron chi connectivity index (χ2n) is 8.32. The summed E-state index contributed by atoms with van der Waals surface area (Å²) < 4.78 is 5.53. The number of likely N-dealkylation sites (tertiary alicyclic amines) is 2. The fourth-order valence-corrected chi connectivity index (χ4v) is 4.72. The van der Waals surface area contributed by atoms with E-state index in [0.29, 0.717) is 5.89 Å². The molecule has 0 N–H and O–H groups in total. The van der Waals surface area contributed by atoms with Gasteiger partial charge in [-0.15, -0.1) is 0 Å². The molecule has 0 saturated carbocycles. The van der Waals surface area contributed by atoms with Crippen molar-refractivity contribution in [3.05, 3.63) is 60.4 Å². The molecule has 2 saturated heterocycles. The largest absolute Gasteiger partial charge is 0.336 e. The minimum Gasteiger partial charge on any atom is -0.336 e. The lowest BCUT2D eigenvalue weighted by Crippen LogP contribution is -2.44. The molecule has 0 radical (unpaired) electrons. The Bertz CT molecular complexity index is 1010. The fourth-order valence-electron chi connectivity index (χ4n) is 4.72. The van der Waals surface area contributed by atoms with Crippen molar-refractivity contribution in [3.8, 4) is 11.5 Å². The summed E-state index contributed by atoms with van der Waals surface area (Å²) in [5, 5.41) is 4.28. The first-order valence-electron chi connectivity index (χ1n) is 10.3. The van der Waals surface area contributed by atoms with Crippen molar-refractivity contribution in [2.45, 2.75) is 25.3 Å². The lowest BCUT2D eigenvalue weighted by Gasteiger charge is -2.39. The molecule has 8 heteroatoms. The van der Waals surface area contributed by atoms with Gasteiger partial charge >= 0.3 is 0 Å². The molecule has 2 aliphatic rings. The molecule has 1 atom stereocenters. The molecule has 1 amide bonds. The van der Waals surface area contributed by atoms with Crippen LogP contribution in [0.2, 0.25) is 0 Å². The highest BCUT2D eigenvalue weighted by molar-refractivity contribution is 5.90. The molecule has 1 aromatic carbocycles. The summed E-state index contributed by atoms with van der Waals surface area (Å²) in [6.07, 6.45) is 6.10. The Morgan fingerprint density at radius 2 is 1.83 bits per heavy atom. The van der Waals surface area contributed by atoms with Crippen molar-refractivity contribution in [1.29, 1.82) is 0 Å². The maximum atomic E-state index is 12.6. The van der Waals surface area contributed by atoms with Crippen LogP contribution in [0.3, 0.4) is 0 Å². The van der Waals surface area contributed by atoms with E-state index in [2.05, 4.69) is 32.1 Å². The van der Waals surface area contributed by atoms with Gasteiger partial charge in [-0.3, -0.25) is 9.69 Å². The van der Waals surface area contributed by atoms with E-state index in [-0.39, 0.29) is 23.2 Å². The standard InChI is InChI=1S/C22H24N6O2/c1-27-15-22(8-12-28(13-9-22)21(29)19-23-10-5-11-24-19)14-17(27)18-25-20(30-26-18)16-6-3-2-4-7-16/h2-7,10-11,17H,8-9,12-15H2,1H3. The minimum atomic E-state index is -0.0842. The number of amides is 1. The predicted octanol–water partition coefficient (Wildman–Crippen LogP) is 2.83. The van der Waals surface area contributed by atoms with Gasteiger partial charge < -0.3 is 9.42 Å². The van der Waals surface area contributed by atoms with E-state index in [1.165, 1.54) is 0 Å². The summed E-state index contributed by atoms with van der Waals surface area (Å²) in [4.78, 5) is 29.7. The molecule has 2 fully saturated rings. The highest BCUT2D eigenvalue weighted by atomic mass is 16.5. The van der Waals surface area contributed by atoms with E-state index in [1.807, 2.05) is 35.2 Å². The maximum Gasteiger partial charge on any atom is 0.291 e. The lowest BCUT2D eigenvalue weighted by molar-refractivity contribution is 0.0581. The highest BCUT2D eigenvalue weighted by Gasteiger charge is 2.46. The van der Waals surface area contributed by atoms with Crippen LogP contribution in [0.15, 0.2) is 53.3 Å². The van der Waals surface area contributed by atoms with Crippen LogP contribution in [0, 0.1) is 5.41 Å². The van der Waals surface area contributed by atoms with Crippen LogP contribution in [0.25, 0.3) is 11.5 Å². The molecule has 0 bridgehead atoms. The molecule has 2 aromatic heterocycles. The van der Waals surface area contributed by atoms with Crippen molar-refractivity contribution >= 4 is 5.91 Å². The van der Waals surface area contributed by atoms with Gasteiger partial charge in [0.2, 0.25) is 5.82 Å². The molecule has 1 unspecified atom stereocenters. The number of piperidine rings is 1. The Kier molecular flexibility index (Phi) is 4.78. The van der Waals surface area contributed by atoms with Crippen LogP contribution in [0.1, 0.15) is 41.7 Å². The first-order chi connectivity index (χ1) is 14.6. The van der Waals surface area contributed by atoms with E-state index in [0.717, 1.165) is 50.3 Å². The van der Waals surface area contributed by atoms with Gasteiger partial charge in [0.1, 0.15) is 0 Å². The molecule has 1 spiro atoms. The molecule has 3 aromatic rings. The third-order valence-corrected chi connectivity index (χ3v) is 6.37. The van der Waals surface area contributed by atoms with Gasteiger partial charge in [0.25, 0.3) is 11.8 Å². The van der Waals surface area contributed by atoms with Crippen LogP contribution in [0.5, 0.6) is 0 Å². The first-order valence-corrected chi connectivity index (χ1v) is 10.3. The third-order valence-electron chi connectivity index (χ3n) is 6.37. The van der Waals surface area contributed by atoms with E-state index < -0.39 is 0 Å². The van der Waals surface area contributed by atoms with Gasteiger partial charge in [-0.25, -0.2) is 9.97 Å². The minimum absolute atomic E-state index is 0.0842. The lowest BCUT2D eigenvalue weighted by atomic mass is 9.76. The van der Waals surface area contributed by atoms with Crippen LogP contribution in [0.4, 0.5) is 0 Å². The number of aromatic nitrogens is 4. The number of nitrogens with zero attached hydrogens (tertiary/aromatic N) is 6. The first kappa shape index (κ1) is 18.9. The van der Waals surface area contributed by atoms with Gasteiger partial charge in [-0.05, 0) is 49.9 Å². The zero-order valence-corrected chi connectivity index (χ0v) is 16.9. The molecule has 30 heavy (non-hydrogen) atoms. The second kappa shape index (κ2) is 7.60. The number of carbonyl (C=O) groups is 1. The summed E-state index contributed by atoms with van der Waals surface area (Å²) >= 11 is 0. The number of rotatable bonds is 3. The van der Waals surface area contributed by atoms with Gasteiger partial charge in [0.15, 0.2) is 5.82 Å². The molecular weight excluding hydrogens is 380 g/mol. The SMILES string of the molecule is CN1CC2(CCN(C(=O)c3ncccn3)CC2)CC1c1noc(-c2ccccc2)n1. The summed E-state index contributed by atoms with van der Waals surface area (Å²) in [5.74, 6) is 1.49. The average Bonchev–Trinajstić information content (AvgIpc) is 3.40. The maximum absolute atomic E-state index is 12.6. The predicted molar refractivity (Wildman–Crippen MR) is 109 cm³/mol. The zero-order chi connectivity index (χ0) is 20.6. The summed E-state index contributed by atoms with van der Waals surface area (Å²) in [5.41, 5.74) is 1.10. The van der Waals surface area contributed by atoms with Crippen molar-refractivity contribution in [3.63, 3.8) is 0 Å². The molecule has 8 nitrogen and oxygen atoms in total. The quantitative estimate of drug-likeness (QED) is 0.663. The van der Waals surface area contributed by atoms with Crippen LogP contribution in [-0.4, -0.2) is 62.5 Å². The topological polar surface area (TPSA) is 88.2 Å².